The van der Waals surface area contributed by atoms with Crippen LogP contribution in [0, 0.1) is 0 Å². The van der Waals surface area contributed by atoms with E-state index in [1.165, 1.54) is 41.3 Å². The van der Waals surface area contributed by atoms with Gasteiger partial charge in [-0.15, -0.1) is 11.3 Å². The predicted molar refractivity (Wildman–Crippen MR) is 126 cm³/mol. The number of hydrogen-bond acceptors (Lipinski definition) is 6. The van der Waals surface area contributed by atoms with Gasteiger partial charge in [-0.25, -0.2) is 9.37 Å². The molecule has 172 valence electrons. The highest BCUT2D eigenvalue weighted by Crippen LogP contribution is 2.29. The van der Waals surface area contributed by atoms with Crippen LogP contribution in [-0.4, -0.2) is 53.1 Å². The van der Waals surface area contributed by atoms with Crippen LogP contribution in [0.5, 0.6) is 0 Å². The molecule has 1 fully saturated rings. The van der Waals surface area contributed by atoms with Crippen LogP contribution in [0.25, 0.3) is 11.3 Å². The Morgan fingerprint density at radius 2 is 2.00 bits per heavy atom. The Hall–Kier alpha value is -3.53. The van der Waals surface area contributed by atoms with Crippen LogP contribution in [-0.2, 0) is 4.79 Å². The zero-order valence-corrected chi connectivity index (χ0v) is 18.9. The Morgan fingerprint density at radius 1 is 1.21 bits per heavy atom. The van der Waals surface area contributed by atoms with E-state index < -0.39 is 18.0 Å². The third-order valence-electron chi connectivity index (χ3n) is 5.41. The highest BCUT2D eigenvalue weighted by atomic mass is 32.1. The summed E-state index contributed by atoms with van der Waals surface area (Å²) >= 11 is 1.29. The van der Waals surface area contributed by atoms with Crippen molar-refractivity contribution in [1.29, 1.82) is 0 Å². The van der Waals surface area contributed by atoms with E-state index in [0.29, 0.717) is 36.6 Å². The normalized spacial score (nSPS) is 14.2. The van der Waals surface area contributed by atoms with E-state index in [1.54, 1.807) is 0 Å². The molecule has 1 aromatic carbocycles. The minimum Gasteiger partial charge on any atom is -0.371 e. The van der Waals surface area contributed by atoms with Gasteiger partial charge in [0, 0.05) is 49.0 Å². The largest absolute Gasteiger partial charge is 0.371 e. The molecule has 3 heterocycles. The maximum absolute atomic E-state index is 13.4. The van der Waals surface area contributed by atoms with Crippen LogP contribution in [0.3, 0.4) is 0 Å². The van der Waals surface area contributed by atoms with E-state index in [4.69, 9.17) is 0 Å². The zero-order valence-electron chi connectivity index (χ0n) is 18.1. The Morgan fingerprint density at radius 3 is 2.73 bits per heavy atom. The van der Waals surface area contributed by atoms with Gasteiger partial charge in [-0.3, -0.25) is 19.0 Å². The van der Waals surface area contributed by atoms with E-state index in [2.05, 4.69) is 20.5 Å². The molecular weight excluding hydrogens is 445 g/mol. The minimum absolute atomic E-state index is 0.207. The molecule has 10 heteroatoms. The molecule has 2 N–H and O–H groups in total. The van der Waals surface area contributed by atoms with E-state index in [1.807, 2.05) is 29.6 Å². The van der Waals surface area contributed by atoms with Crippen LogP contribution < -0.4 is 15.5 Å². The van der Waals surface area contributed by atoms with Crippen LogP contribution in [0.4, 0.5) is 15.2 Å². The molecule has 2 aromatic heterocycles. The van der Waals surface area contributed by atoms with Crippen molar-refractivity contribution in [3.05, 3.63) is 53.7 Å². The van der Waals surface area contributed by atoms with Gasteiger partial charge in [0.15, 0.2) is 5.13 Å². The van der Waals surface area contributed by atoms with Crippen LogP contribution in [0.2, 0.25) is 0 Å². The van der Waals surface area contributed by atoms with E-state index in [-0.39, 0.29) is 12.5 Å². The second kappa shape index (κ2) is 9.95. The second-order valence-corrected chi connectivity index (χ2v) is 8.67. The van der Waals surface area contributed by atoms with Crippen molar-refractivity contribution in [3.8, 4) is 11.3 Å². The third kappa shape index (κ3) is 5.64. The molecule has 3 aromatic rings. The van der Waals surface area contributed by atoms with Gasteiger partial charge in [0.2, 0.25) is 11.8 Å². The summed E-state index contributed by atoms with van der Waals surface area (Å²) in [6, 6.07) is 9.42. The first-order valence-electron chi connectivity index (χ1n) is 10.6. The molecule has 0 atom stereocenters. The number of rotatable bonds is 6. The second-order valence-electron chi connectivity index (χ2n) is 7.81. The van der Waals surface area contributed by atoms with Crippen molar-refractivity contribution in [2.24, 2.45) is 0 Å². The maximum Gasteiger partial charge on any atom is 0.253 e. The van der Waals surface area contributed by atoms with Gasteiger partial charge >= 0.3 is 0 Å². The number of anilines is 2. The lowest BCUT2D eigenvalue weighted by atomic mass is 10.1. The number of amides is 2. The summed E-state index contributed by atoms with van der Waals surface area (Å²) in [5, 5.41) is 7.49. The van der Waals surface area contributed by atoms with E-state index >= 15 is 0 Å². The Balaban J connectivity index is 1.33. The molecule has 1 saturated heterocycles. The van der Waals surface area contributed by atoms with Crippen molar-refractivity contribution in [2.45, 2.75) is 25.9 Å². The minimum atomic E-state index is -0.722. The van der Waals surface area contributed by atoms with Crippen molar-refractivity contribution in [1.82, 2.24) is 14.9 Å². The van der Waals surface area contributed by atoms with Crippen LogP contribution in [0.15, 0.2) is 48.1 Å². The fraction of sp³-hybridized carbons (Fsp3) is 0.304. The molecule has 8 nitrogen and oxygen atoms in total. The van der Waals surface area contributed by atoms with Gasteiger partial charge < -0.3 is 15.5 Å². The number of nitrogens with one attached hydrogen (secondary N) is 2. The number of piperidine rings is 1. The molecule has 0 radical (unpaired) electrons. The number of hydrogen-bond donors (Lipinski definition) is 2. The summed E-state index contributed by atoms with van der Waals surface area (Å²) in [6.45, 7) is 2.55. The summed E-state index contributed by atoms with van der Waals surface area (Å²) in [5.74, 6) is -1.06. The number of aromatic nitrogens is 2. The summed E-state index contributed by atoms with van der Waals surface area (Å²) in [4.78, 5) is 42.4. The first-order chi connectivity index (χ1) is 15.9. The summed E-state index contributed by atoms with van der Waals surface area (Å²) in [6.07, 6.45) is 3.26. The first kappa shape index (κ1) is 22.7. The fourth-order valence-corrected chi connectivity index (χ4v) is 4.32. The smallest absolute Gasteiger partial charge is 0.253 e. The van der Waals surface area contributed by atoms with Gasteiger partial charge in [0.05, 0.1) is 17.8 Å². The number of halogens is 1. The number of carbonyl (C=O) groups is 3. The standard InChI is InChI=1S/C23H24FN5O3S/c1-15(30)29-8-5-17(13-29)22(32)25-12-21(31)27-23-26-20(14-33-23)16-3-2-4-19(11-16)28-9-6-18(24)7-10-28/h2-5,8,11,13-14,18H,6-7,9-10,12H2,1H3,(H,25,32)(H,26,27,31). The fourth-order valence-electron chi connectivity index (χ4n) is 3.58. The lowest BCUT2D eigenvalue weighted by molar-refractivity contribution is -0.115. The average Bonchev–Trinajstić information content (AvgIpc) is 3.48. The van der Waals surface area contributed by atoms with Crippen molar-refractivity contribution >= 4 is 39.9 Å². The van der Waals surface area contributed by atoms with Gasteiger partial charge in [0.25, 0.3) is 5.91 Å². The lowest BCUT2D eigenvalue weighted by Gasteiger charge is -2.30. The van der Waals surface area contributed by atoms with E-state index in [0.717, 1.165) is 16.9 Å². The van der Waals surface area contributed by atoms with Crippen molar-refractivity contribution in [2.75, 3.05) is 29.9 Å². The SMILES string of the molecule is CC(=O)n1ccc(C(=O)NCC(=O)Nc2nc(-c3cccc(N4CCC(F)CC4)c3)cs2)c1. The molecule has 4 rings (SSSR count). The summed E-state index contributed by atoms with van der Waals surface area (Å²) < 4.78 is 14.7. The quantitative estimate of drug-likeness (QED) is 0.575. The molecule has 1 aliphatic heterocycles. The van der Waals surface area contributed by atoms with Gasteiger partial charge in [0.1, 0.15) is 6.17 Å². The van der Waals surface area contributed by atoms with Gasteiger partial charge in [-0.05, 0) is 31.0 Å². The number of benzene rings is 1. The average molecular weight is 470 g/mol. The zero-order chi connectivity index (χ0) is 23.4. The highest BCUT2D eigenvalue weighted by Gasteiger charge is 2.19. The first-order valence-corrected chi connectivity index (χ1v) is 11.5. The number of carbonyl (C=O) groups excluding carboxylic acids is 3. The van der Waals surface area contributed by atoms with Gasteiger partial charge in [-0.2, -0.15) is 0 Å². The molecular formula is C23H24FN5O3S. The monoisotopic (exact) mass is 469 g/mol. The molecule has 33 heavy (non-hydrogen) atoms. The number of alkyl halides is 1. The molecule has 1 aliphatic rings. The molecule has 0 bridgehead atoms. The van der Waals surface area contributed by atoms with Crippen LogP contribution >= 0.6 is 11.3 Å². The molecule has 0 saturated carbocycles. The Kier molecular flexibility index (Phi) is 6.83. The summed E-state index contributed by atoms with van der Waals surface area (Å²) in [7, 11) is 0. The maximum atomic E-state index is 13.4. The lowest BCUT2D eigenvalue weighted by Crippen LogP contribution is -2.34. The Labute approximate surface area is 194 Å². The highest BCUT2D eigenvalue weighted by molar-refractivity contribution is 7.14. The Bertz CT molecular complexity index is 1170. The van der Waals surface area contributed by atoms with Crippen LogP contribution in [0.1, 0.15) is 34.9 Å². The topological polar surface area (TPSA) is 96.3 Å². The molecule has 0 aliphatic carbocycles. The van der Waals surface area contributed by atoms with Crippen molar-refractivity contribution < 1.29 is 18.8 Å². The predicted octanol–water partition coefficient (Wildman–Crippen LogP) is 3.58. The van der Waals surface area contributed by atoms with E-state index in [9.17, 15) is 18.8 Å². The molecule has 2 amide bonds. The number of nitrogens with zero attached hydrogens (tertiary/aromatic N) is 3. The molecule has 0 unspecified atom stereocenters. The van der Waals surface area contributed by atoms with Gasteiger partial charge in [-0.1, -0.05) is 12.1 Å². The third-order valence-corrected chi connectivity index (χ3v) is 6.17. The summed E-state index contributed by atoms with van der Waals surface area (Å²) in [5.41, 5.74) is 2.96. The number of thiazole rings is 1. The molecule has 0 spiro atoms. The van der Waals surface area contributed by atoms with Crippen molar-refractivity contribution in [3.63, 3.8) is 0 Å².